The highest BCUT2D eigenvalue weighted by molar-refractivity contribution is 9.10. The van der Waals surface area contributed by atoms with Crippen LogP contribution in [0.25, 0.3) is 0 Å². The van der Waals surface area contributed by atoms with E-state index in [9.17, 15) is 8.42 Å². The predicted octanol–water partition coefficient (Wildman–Crippen LogP) is 1.25. The summed E-state index contributed by atoms with van der Waals surface area (Å²) in [5, 5.41) is 9.05. The lowest BCUT2D eigenvalue weighted by Gasteiger charge is -2.26. The average Bonchev–Trinajstić information content (AvgIpc) is 2.95. The Labute approximate surface area is 127 Å². The number of rotatable bonds is 5. The molecule has 2 rings (SSSR count). The topological polar surface area (TPSA) is 74.0 Å². The van der Waals surface area contributed by atoms with Crippen molar-refractivity contribution in [2.24, 2.45) is 0 Å². The molecule has 1 atom stereocenters. The van der Waals surface area contributed by atoms with Gasteiger partial charge >= 0.3 is 0 Å². The summed E-state index contributed by atoms with van der Waals surface area (Å²) in [6.07, 6.45) is 1.72. The number of aliphatic hydroxyl groups excluding tert-OH is 1. The summed E-state index contributed by atoms with van der Waals surface area (Å²) in [6.45, 7) is 0.893. The maximum absolute atomic E-state index is 12.7. The number of hydrogen-bond donors (Lipinski definition) is 1. The monoisotopic (exact) mass is 366 g/mol. The number of likely N-dealkylation sites (N-methyl/N-ethyl adjacent to an activating group) is 1. The molecule has 1 aliphatic heterocycles. The molecule has 0 radical (unpaired) electrons. The van der Waals surface area contributed by atoms with E-state index in [2.05, 4.69) is 15.9 Å². The highest BCUT2D eigenvalue weighted by Gasteiger charge is 2.37. The minimum absolute atomic E-state index is 0.0191. The van der Waals surface area contributed by atoms with E-state index in [1.54, 1.807) is 0 Å². The van der Waals surface area contributed by atoms with Gasteiger partial charge in [0, 0.05) is 25.2 Å². The van der Waals surface area contributed by atoms with Crippen molar-refractivity contribution >= 4 is 26.0 Å². The molecule has 6 nitrogen and oxygen atoms in total. The molecule has 1 aromatic heterocycles. The molecule has 1 aliphatic rings. The van der Waals surface area contributed by atoms with Crippen LogP contribution in [-0.2, 0) is 16.6 Å². The Morgan fingerprint density at radius 1 is 1.55 bits per heavy atom. The van der Waals surface area contributed by atoms with Crippen LogP contribution in [0.3, 0.4) is 0 Å². The molecule has 2 heterocycles. The Bertz CT molecular complexity index is 570. The average molecular weight is 367 g/mol. The van der Waals surface area contributed by atoms with Crippen molar-refractivity contribution in [3.63, 3.8) is 0 Å². The molecule has 114 valence electrons. The van der Waals surface area contributed by atoms with Gasteiger partial charge in [0.1, 0.15) is 17.3 Å². The summed E-state index contributed by atoms with van der Waals surface area (Å²) < 4.78 is 32.3. The third-order valence-electron chi connectivity index (χ3n) is 3.35. The molecule has 0 saturated carbocycles. The standard InChI is InChI=1S/C12H19BrN2O4S/c1-14(2)7-9-4-3-5-15(9)20(17,18)11-6-10(8-16)19-12(11)13/h6,9,16H,3-5,7-8H2,1-2H3. The van der Waals surface area contributed by atoms with Crippen molar-refractivity contribution in [3.8, 4) is 0 Å². The summed E-state index contributed by atoms with van der Waals surface area (Å²) in [5.74, 6) is 0.235. The summed E-state index contributed by atoms with van der Waals surface area (Å²) >= 11 is 3.12. The molecule has 1 N–H and O–H groups in total. The molecule has 0 bridgehead atoms. The second-order valence-electron chi connectivity index (χ2n) is 5.18. The third kappa shape index (κ3) is 3.09. The van der Waals surface area contributed by atoms with Crippen LogP contribution in [0.1, 0.15) is 18.6 Å². The summed E-state index contributed by atoms with van der Waals surface area (Å²) in [4.78, 5) is 2.08. The van der Waals surface area contributed by atoms with E-state index < -0.39 is 10.0 Å². The first-order valence-electron chi connectivity index (χ1n) is 6.42. The van der Waals surface area contributed by atoms with Gasteiger partial charge in [-0.25, -0.2) is 8.42 Å². The second-order valence-corrected chi connectivity index (χ2v) is 7.76. The van der Waals surface area contributed by atoms with E-state index in [1.807, 2.05) is 19.0 Å². The summed E-state index contributed by atoms with van der Waals surface area (Å²) in [7, 11) is 0.264. The number of aliphatic hydroxyl groups is 1. The van der Waals surface area contributed by atoms with Crippen LogP contribution in [-0.4, -0.2) is 56.0 Å². The van der Waals surface area contributed by atoms with Gasteiger partial charge in [-0.15, -0.1) is 0 Å². The number of halogens is 1. The zero-order valence-corrected chi connectivity index (χ0v) is 13.9. The SMILES string of the molecule is CN(C)CC1CCCN1S(=O)(=O)c1cc(CO)oc1Br. The van der Waals surface area contributed by atoms with Crippen LogP contribution in [0.5, 0.6) is 0 Å². The molecule has 0 aromatic carbocycles. The molecule has 20 heavy (non-hydrogen) atoms. The van der Waals surface area contributed by atoms with Gasteiger partial charge in [0.2, 0.25) is 10.0 Å². The van der Waals surface area contributed by atoms with Crippen LogP contribution in [0.4, 0.5) is 0 Å². The second kappa shape index (κ2) is 6.15. The van der Waals surface area contributed by atoms with Crippen molar-refractivity contribution in [2.45, 2.75) is 30.4 Å². The van der Waals surface area contributed by atoms with Gasteiger partial charge in [0.05, 0.1) is 0 Å². The lowest BCUT2D eigenvalue weighted by Crippen LogP contribution is -2.41. The normalized spacial score (nSPS) is 20.9. The van der Waals surface area contributed by atoms with E-state index in [4.69, 9.17) is 9.52 Å². The molecule has 1 fully saturated rings. The first-order valence-corrected chi connectivity index (χ1v) is 8.65. The largest absolute Gasteiger partial charge is 0.450 e. The quantitative estimate of drug-likeness (QED) is 0.848. The lowest BCUT2D eigenvalue weighted by molar-refractivity contribution is 0.245. The van der Waals surface area contributed by atoms with Crippen molar-refractivity contribution in [1.82, 2.24) is 9.21 Å². The van der Waals surface area contributed by atoms with Crippen molar-refractivity contribution < 1.29 is 17.9 Å². The molecule has 1 aromatic rings. The highest BCUT2D eigenvalue weighted by Crippen LogP contribution is 2.32. The van der Waals surface area contributed by atoms with Crippen molar-refractivity contribution in [3.05, 3.63) is 16.5 Å². The van der Waals surface area contributed by atoms with E-state index in [0.29, 0.717) is 13.1 Å². The fourth-order valence-electron chi connectivity index (χ4n) is 2.51. The Morgan fingerprint density at radius 2 is 2.25 bits per heavy atom. The minimum atomic E-state index is -3.60. The fourth-order valence-corrected chi connectivity index (χ4v) is 5.16. The number of hydrogen-bond acceptors (Lipinski definition) is 5. The van der Waals surface area contributed by atoms with Gasteiger partial charge in [-0.1, -0.05) is 0 Å². The van der Waals surface area contributed by atoms with E-state index >= 15 is 0 Å². The molecule has 1 unspecified atom stereocenters. The smallest absolute Gasteiger partial charge is 0.247 e. The molecular formula is C12H19BrN2O4S. The molecule has 1 saturated heterocycles. The predicted molar refractivity (Wildman–Crippen MR) is 77.8 cm³/mol. The first-order chi connectivity index (χ1) is 9.36. The van der Waals surface area contributed by atoms with Crippen LogP contribution in [0.15, 0.2) is 20.0 Å². The highest BCUT2D eigenvalue weighted by atomic mass is 79.9. The molecule has 0 amide bonds. The zero-order chi connectivity index (χ0) is 14.9. The Morgan fingerprint density at radius 3 is 2.80 bits per heavy atom. The number of sulfonamides is 1. The Kier molecular flexibility index (Phi) is 4.91. The molecule has 0 aliphatic carbocycles. The van der Waals surface area contributed by atoms with E-state index in [0.717, 1.165) is 12.8 Å². The van der Waals surface area contributed by atoms with Crippen LogP contribution < -0.4 is 0 Å². The number of furan rings is 1. The molecular weight excluding hydrogens is 348 g/mol. The molecule has 8 heteroatoms. The number of nitrogens with zero attached hydrogens (tertiary/aromatic N) is 2. The maximum Gasteiger partial charge on any atom is 0.247 e. The van der Waals surface area contributed by atoms with E-state index in [1.165, 1.54) is 10.4 Å². The zero-order valence-electron chi connectivity index (χ0n) is 11.5. The van der Waals surface area contributed by atoms with Gasteiger partial charge in [0.25, 0.3) is 0 Å². The van der Waals surface area contributed by atoms with Crippen LogP contribution in [0, 0.1) is 0 Å². The summed E-state index contributed by atoms with van der Waals surface area (Å²) in [5.41, 5.74) is 0. The fraction of sp³-hybridized carbons (Fsp3) is 0.667. The lowest BCUT2D eigenvalue weighted by atomic mass is 10.2. The minimum Gasteiger partial charge on any atom is -0.450 e. The van der Waals surface area contributed by atoms with Crippen LogP contribution in [0.2, 0.25) is 0 Å². The van der Waals surface area contributed by atoms with Crippen molar-refractivity contribution in [2.75, 3.05) is 27.2 Å². The van der Waals surface area contributed by atoms with Gasteiger partial charge in [0.15, 0.2) is 4.67 Å². The van der Waals surface area contributed by atoms with Gasteiger partial charge in [-0.3, -0.25) is 0 Å². The van der Waals surface area contributed by atoms with E-state index in [-0.39, 0.29) is 28.0 Å². The van der Waals surface area contributed by atoms with Gasteiger partial charge in [-0.05, 0) is 42.9 Å². The van der Waals surface area contributed by atoms with Gasteiger partial charge in [-0.2, -0.15) is 4.31 Å². The summed E-state index contributed by atoms with van der Waals surface area (Å²) in [6, 6.07) is 1.36. The Balaban J connectivity index is 2.31. The van der Waals surface area contributed by atoms with Crippen LogP contribution >= 0.6 is 15.9 Å². The van der Waals surface area contributed by atoms with Gasteiger partial charge < -0.3 is 14.4 Å². The first kappa shape index (κ1) is 16.0. The Hall–Kier alpha value is -0.410. The molecule has 0 spiro atoms. The maximum atomic E-state index is 12.7. The third-order valence-corrected chi connectivity index (χ3v) is 6.16. The van der Waals surface area contributed by atoms with Crippen molar-refractivity contribution in [1.29, 1.82) is 0 Å².